The summed E-state index contributed by atoms with van der Waals surface area (Å²) in [5, 5.41) is 26.2. The number of phenols is 2. The van der Waals surface area contributed by atoms with E-state index in [0.29, 0.717) is 23.0 Å². The molecule has 1 fully saturated rings. The van der Waals surface area contributed by atoms with Crippen LogP contribution in [0.25, 0.3) is 11.3 Å². The number of primary amides is 1. The Balaban J connectivity index is 1.80. The second-order valence-electron chi connectivity index (χ2n) is 6.85. The normalized spacial score (nSPS) is 14.4. The molecule has 1 aromatic heterocycles. The van der Waals surface area contributed by atoms with E-state index in [0.717, 1.165) is 23.2 Å². The van der Waals surface area contributed by atoms with Gasteiger partial charge in [0.15, 0.2) is 11.5 Å². The number of thiazole rings is 1. The summed E-state index contributed by atoms with van der Waals surface area (Å²) in [6, 6.07) is 9.90. The van der Waals surface area contributed by atoms with Gasteiger partial charge in [-0.05, 0) is 54.8 Å². The van der Waals surface area contributed by atoms with Gasteiger partial charge < -0.3 is 20.7 Å². The van der Waals surface area contributed by atoms with Crippen LogP contribution in [0.1, 0.15) is 28.8 Å². The van der Waals surface area contributed by atoms with Crippen LogP contribution < -0.4 is 15.3 Å². The average molecular weight is 424 g/mol. The Bertz CT molecular complexity index is 1210. The van der Waals surface area contributed by atoms with Gasteiger partial charge in [-0.3, -0.25) is 9.79 Å². The lowest BCUT2D eigenvalue weighted by Gasteiger charge is -2.07. The van der Waals surface area contributed by atoms with Crippen molar-refractivity contribution in [2.75, 3.05) is 7.11 Å². The molecule has 4 rings (SSSR count). The van der Waals surface area contributed by atoms with Crippen LogP contribution in [0.4, 0.5) is 0 Å². The van der Waals surface area contributed by atoms with Crippen LogP contribution >= 0.6 is 11.3 Å². The predicted molar refractivity (Wildman–Crippen MR) is 114 cm³/mol. The van der Waals surface area contributed by atoms with E-state index in [1.54, 1.807) is 29.1 Å². The molecule has 3 aromatic rings. The van der Waals surface area contributed by atoms with Gasteiger partial charge in [-0.15, -0.1) is 11.3 Å². The molecule has 154 valence electrons. The van der Waals surface area contributed by atoms with Gasteiger partial charge in [0.2, 0.25) is 4.80 Å². The molecule has 1 amide bonds. The first-order chi connectivity index (χ1) is 14.5. The minimum absolute atomic E-state index is 0.0400. The fraction of sp³-hybridized carbons (Fsp3) is 0.190. The van der Waals surface area contributed by atoms with Crippen molar-refractivity contribution in [1.29, 1.82) is 0 Å². The second kappa shape index (κ2) is 8.03. The van der Waals surface area contributed by atoms with E-state index in [2.05, 4.69) is 5.10 Å². The summed E-state index contributed by atoms with van der Waals surface area (Å²) < 4.78 is 6.84. The van der Waals surface area contributed by atoms with Crippen molar-refractivity contribution in [3.05, 3.63) is 57.7 Å². The van der Waals surface area contributed by atoms with Crippen molar-refractivity contribution in [3.8, 4) is 28.5 Å². The number of phenolic OH excluding ortho intramolecular Hbond substituents is 1. The molecule has 0 aliphatic heterocycles. The van der Waals surface area contributed by atoms with Crippen molar-refractivity contribution >= 4 is 23.5 Å². The highest BCUT2D eigenvalue weighted by molar-refractivity contribution is 7.07. The number of hydrogen-bond donors (Lipinski definition) is 3. The Labute approximate surface area is 176 Å². The summed E-state index contributed by atoms with van der Waals surface area (Å²) in [5.74, 6) is -0.484. The molecule has 0 radical (unpaired) electrons. The molecule has 1 heterocycles. The molecular formula is C21H20N4O4S. The minimum Gasteiger partial charge on any atom is -0.507 e. The SMILES string of the molecule is COc1cc(/C=N\n2c(-c3ccc(O)c(C(N)=O)c3)csc2=NC2CC2)ccc1O. The van der Waals surface area contributed by atoms with Gasteiger partial charge in [-0.2, -0.15) is 5.10 Å². The van der Waals surface area contributed by atoms with E-state index in [1.165, 1.54) is 36.6 Å². The van der Waals surface area contributed by atoms with Crippen LogP contribution in [0, 0.1) is 0 Å². The molecule has 4 N–H and O–H groups in total. The van der Waals surface area contributed by atoms with Crippen LogP contribution in [0.2, 0.25) is 0 Å². The zero-order valence-electron chi connectivity index (χ0n) is 16.1. The van der Waals surface area contributed by atoms with E-state index in [-0.39, 0.29) is 17.1 Å². The Hall–Kier alpha value is -3.59. The topological polar surface area (TPSA) is 122 Å². The number of methoxy groups -OCH3 is 1. The summed E-state index contributed by atoms with van der Waals surface area (Å²) >= 11 is 1.44. The molecule has 30 heavy (non-hydrogen) atoms. The standard InChI is InChI=1S/C21H20N4O4S/c1-29-19-8-12(2-6-18(19)27)10-23-25-16(11-30-21(25)24-14-4-5-14)13-3-7-17(26)15(9-13)20(22)28/h2-3,6-11,14,26-27H,4-5H2,1H3,(H2,22,28)/b23-10-,24-21?. The summed E-state index contributed by atoms with van der Waals surface area (Å²) in [5.41, 5.74) is 7.53. The Morgan fingerprint density at radius 1 is 1.23 bits per heavy atom. The zero-order valence-corrected chi connectivity index (χ0v) is 17.0. The maximum absolute atomic E-state index is 11.6. The van der Waals surface area contributed by atoms with E-state index in [1.807, 2.05) is 5.38 Å². The smallest absolute Gasteiger partial charge is 0.252 e. The molecule has 0 bridgehead atoms. The summed E-state index contributed by atoms with van der Waals surface area (Å²) in [7, 11) is 1.48. The van der Waals surface area contributed by atoms with Crippen LogP contribution in [0.5, 0.6) is 17.2 Å². The monoisotopic (exact) mass is 424 g/mol. The molecule has 8 nitrogen and oxygen atoms in total. The van der Waals surface area contributed by atoms with E-state index >= 15 is 0 Å². The molecule has 2 aromatic carbocycles. The van der Waals surface area contributed by atoms with Gasteiger partial charge >= 0.3 is 0 Å². The molecule has 1 saturated carbocycles. The number of nitrogens with zero attached hydrogens (tertiary/aromatic N) is 3. The summed E-state index contributed by atoms with van der Waals surface area (Å²) in [4.78, 5) is 17.1. The van der Waals surface area contributed by atoms with Gasteiger partial charge in [-0.25, -0.2) is 4.68 Å². The third-order valence-corrected chi connectivity index (χ3v) is 5.44. The quantitative estimate of drug-likeness (QED) is 0.527. The lowest BCUT2D eigenvalue weighted by Crippen LogP contribution is -2.14. The predicted octanol–water partition coefficient (Wildman–Crippen LogP) is 2.68. The minimum atomic E-state index is -0.710. The number of hydrogen-bond acceptors (Lipinski definition) is 7. The third kappa shape index (κ3) is 4.06. The lowest BCUT2D eigenvalue weighted by molar-refractivity contribution is 0.0998. The first-order valence-corrected chi connectivity index (χ1v) is 10.1. The van der Waals surface area contributed by atoms with Crippen LogP contribution in [0.15, 0.2) is 51.9 Å². The van der Waals surface area contributed by atoms with Gasteiger partial charge in [0, 0.05) is 10.9 Å². The molecular weight excluding hydrogens is 404 g/mol. The van der Waals surface area contributed by atoms with Crippen molar-refractivity contribution in [3.63, 3.8) is 0 Å². The largest absolute Gasteiger partial charge is 0.507 e. The molecule has 1 aliphatic carbocycles. The number of aromatic hydroxyl groups is 2. The van der Waals surface area contributed by atoms with Crippen molar-refractivity contribution in [1.82, 2.24) is 4.68 Å². The van der Waals surface area contributed by atoms with E-state index < -0.39 is 5.91 Å². The number of carbonyl (C=O) groups is 1. The number of nitrogens with two attached hydrogens (primary N) is 1. The molecule has 1 aliphatic rings. The molecule has 0 spiro atoms. The van der Waals surface area contributed by atoms with Gasteiger partial charge in [0.25, 0.3) is 5.91 Å². The Morgan fingerprint density at radius 2 is 2.00 bits per heavy atom. The van der Waals surface area contributed by atoms with Crippen molar-refractivity contribution in [2.45, 2.75) is 18.9 Å². The zero-order chi connectivity index (χ0) is 21.3. The molecule has 9 heteroatoms. The molecule has 0 atom stereocenters. The number of carbonyl (C=O) groups excluding carboxylic acids is 1. The fourth-order valence-electron chi connectivity index (χ4n) is 2.85. The second-order valence-corrected chi connectivity index (χ2v) is 7.68. The molecule has 0 saturated heterocycles. The highest BCUT2D eigenvalue weighted by Gasteiger charge is 2.21. The van der Waals surface area contributed by atoms with Crippen LogP contribution in [-0.2, 0) is 0 Å². The third-order valence-electron chi connectivity index (χ3n) is 4.61. The van der Waals surface area contributed by atoms with Gasteiger partial charge in [0.05, 0.1) is 30.6 Å². The highest BCUT2D eigenvalue weighted by atomic mass is 32.1. The van der Waals surface area contributed by atoms with Gasteiger partial charge in [0.1, 0.15) is 5.75 Å². The van der Waals surface area contributed by atoms with E-state index in [9.17, 15) is 15.0 Å². The Kier molecular flexibility index (Phi) is 5.28. The number of ether oxygens (including phenoxy) is 1. The Morgan fingerprint density at radius 3 is 2.70 bits per heavy atom. The number of aromatic nitrogens is 1. The van der Waals surface area contributed by atoms with E-state index in [4.69, 9.17) is 15.5 Å². The summed E-state index contributed by atoms with van der Waals surface area (Å²) in [6.07, 6.45) is 3.74. The van der Waals surface area contributed by atoms with Crippen LogP contribution in [-0.4, -0.2) is 40.2 Å². The number of rotatable bonds is 6. The maximum atomic E-state index is 11.6. The summed E-state index contributed by atoms with van der Waals surface area (Å²) in [6.45, 7) is 0. The van der Waals surface area contributed by atoms with Crippen molar-refractivity contribution < 1.29 is 19.7 Å². The van der Waals surface area contributed by atoms with Gasteiger partial charge in [-0.1, -0.05) is 0 Å². The maximum Gasteiger partial charge on any atom is 0.252 e. The first kappa shape index (κ1) is 19.7. The number of amides is 1. The lowest BCUT2D eigenvalue weighted by atomic mass is 10.1. The highest BCUT2D eigenvalue weighted by Crippen LogP contribution is 2.28. The average Bonchev–Trinajstić information content (AvgIpc) is 3.46. The number of benzene rings is 2. The van der Waals surface area contributed by atoms with Crippen molar-refractivity contribution in [2.24, 2.45) is 15.8 Å². The molecule has 0 unspecified atom stereocenters. The fourth-order valence-corrected chi connectivity index (χ4v) is 3.76. The van der Waals surface area contributed by atoms with Crippen LogP contribution in [0.3, 0.4) is 0 Å². The first-order valence-electron chi connectivity index (χ1n) is 9.25.